The van der Waals surface area contributed by atoms with Crippen molar-refractivity contribution < 1.29 is 4.92 Å². The average molecular weight is 293 g/mol. The minimum Gasteiger partial charge on any atom is -0.350 e. The first-order valence-corrected chi connectivity index (χ1v) is 7.58. The van der Waals surface area contributed by atoms with E-state index in [0.29, 0.717) is 12.0 Å². The molecule has 0 amide bonds. The molecule has 1 atom stereocenters. The van der Waals surface area contributed by atoms with Crippen molar-refractivity contribution in [2.45, 2.75) is 26.8 Å². The molecule has 1 saturated heterocycles. The third-order valence-corrected chi connectivity index (χ3v) is 4.70. The van der Waals surface area contributed by atoms with Crippen LogP contribution < -0.4 is 0 Å². The zero-order chi connectivity index (χ0) is 14.9. The molecule has 1 aliphatic heterocycles. The molecule has 0 bridgehead atoms. The van der Waals surface area contributed by atoms with Crippen LogP contribution in [0.3, 0.4) is 0 Å². The van der Waals surface area contributed by atoms with Gasteiger partial charge in [0.1, 0.15) is 0 Å². The van der Waals surface area contributed by atoms with Crippen LogP contribution in [0.25, 0.3) is 0 Å². The second-order valence-electron chi connectivity index (χ2n) is 5.36. The Morgan fingerprint density at radius 2 is 2.20 bits per heavy atom. The number of rotatable bonds is 3. The number of nitrogens with zero attached hydrogens (tertiary/aromatic N) is 3. The van der Waals surface area contributed by atoms with Crippen LogP contribution in [0.1, 0.15) is 19.4 Å². The van der Waals surface area contributed by atoms with E-state index in [1.54, 1.807) is 23.9 Å². The van der Waals surface area contributed by atoms with Crippen molar-refractivity contribution in [2.24, 2.45) is 10.9 Å². The van der Waals surface area contributed by atoms with Crippen LogP contribution in [0.15, 0.2) is 23.2 Å². The summed E-state index contributed by atoms with van der Waals surface area (Å²) in [5.41, 5.74) is 1.74. The molecule has 5 nitrogen and oxygen atoms in total. The number of hydrogen-bond donors (Lipinski definition) is 0. The molecule has 20 heavy (non-hydrogen) atoms. The average Bonchev–Trinajstić information content (AvgIpc) is 2.73. The fourth-order valence-corrected chi connectivity index (χ4v) is 3.68. The van der Waals surface area contributed by atoms with E-state index >= 15 is 0 Å². The van der Waals surface area contributed by atoms with Crippen LogP contribution in [0, 0.1) is 23.0 Å². The number of thioether (sulfide) groups is 1. The van der Waals surface area contributed by atoms with Gasteiger partial charge in [-0.3, -0.25) is 10.1 Å². The molecule has 0 aromatic heterocycles. The Morgan fingerprint density at radius 1 is 1.50 bits per heavy atom. The summed E-state index contributed by atoms with van der Waals surface area (Å²) in [4.78, 5) is 17.2. The van der Waals surface area contributed by atoms with E-state index in [0.717, 1.165) is 22.2 Å². The lowest BCUT2D eigenvalue weighted by Crippen LogP contribution is -2.33. The van der Waals surface area contributed by atoms with Gasteiger partial charge in [0.05, 0.1) is 10.6 Å². The van der Waals surface area contributed by atoms with E-state index < -0.39 is 0 Å². The Bertz CT molecular complexity index is 557. The molecule has 0 unspecified atom stereocenters. The monoisotopic (exact) mass is 293 g/mol. The van der Waals surface area contributed by atoms with Crippen LogP contribution in [-0.2, 0) is 0 Å². The van der Waals surface area contributed by atoms with Crippen molar-refractivity contribution in [1.29, 1.82) is 0 Å². The lowest BCUT2D eigenvalue weighted by atomic mass is 10.1. The van der Waals surface area contributed by atoms with Crippen LogP contribution in [0.2, 0.25) is 0 Å². The quantitative estimate of drug-likeness (QED) is 0.631. The van der Waals surface area contributed by atoms with Gasteiger partial charge in [-0.15, -0.1) is 0 Å². The number of hydrogen-bond acceptors (Lipinski definition) is 4. The van der Waals surface area contributed by atoms with Crippen molar-refractivity contribution in [3.63, 3.8) is 0 Å². The molecule has 2 rings (SSSR count). The van der Waals surface area contributed by atoms with E-state index in [1.165, 1.54) is 6.07 Å². The number of nitro groups is 1. The summed E-state index contributed by atoms with van der Waals surface area (Å²) < 4.78 is 0. The van der Waals surface area contributed by atoms with E-state index in [9.17, 15) is 10.1 Å². The number of nitro benzene ring substituents is 1. The number of non-ortho nitro benzene ring substituents is 1. The van der Waals surface area contributed by atoms with Gasteiger partial charge in [0.2, 0.25) is 0 Å². The van der Waals surface area contributed by atoms with Crippen molar-refractivity contribution in [3.8, 4) is 0 Å². The van der Waals surface area contributed by atoms with Crippen LogP contribution >= 0.6 is 11.8 Å². The summed E-state index contributed by atoms with van der Waals surface area (Å²) in [6.07, 6.45) is 0. The first-order chi connectivity index (χ1) is 9.40. The molecule has 0 saturated carbocycles. The van der Waals surface area contributed by atoms with Gasteiger partial charge in [-0.2, -0.15) is 0 Å². The number of amidine groups is 1. The SMILES string of the molecule is Cc1cc([N+](=O)[O-])ccc1N=C1SC[C@H](C(C)C)N1C. The molecule has 108 valence electrons. The van der Waals surface area contributed by atoms with E-state index in [2.05, 4.69) is 30.8 Å². The van der Waals surface area contributed by atoms with Crippen molar-refractivity contribution in [3.05, 3.63) is 33.9 Å². The van der Waals surface area contributed by atoms with Gasteiger partial charge in [0.25, 0.3) is 5.69 Å². The summed E-state index contributed by atoms with van der Waals surface area (Å²) in [5.74, 6) is 1.62. The Labute approximate surface area is 123 Å². The molecule has 0 spiro atoms. The highest BCUT2D eigenvalue weighted by Crippen LogP contribution is 2.31. The van der Waals surface area contributed by atoms with Crippen molar-refractivity contribution in [1.82, 2.24) is 4.90 Å². The fraction of sp³-hybridized carbons (Fsp3) is 0.500. The minimum atomic E-state index is -0.380. The molecule has 0 N–H and O–H groups in total. The lowest BCUT2D eigenvalue weighted by Gasteiger charge is -2.24. The summed E-state index contributed by atoms with van der Waals surface area (Å²) in [6, 6.07) is 5.29. The predicted octanol–water partition coefficient (Wildman–Crippen LogP) is 3.59. The smallest absolute Gasteiger partial charge is 0.269 e. The number of aliphatic imine (C=N–C) groups is 1. The highest BCUT2D eigenvalue weighted by molar-refractivity contribution is 8.14. The number of aryl methyl sites for hydroxylation is 1. The zero-order valence-corrected chi connectivity index (χ0v) is 13.0. The van der Waals surface area contributed by atoms with Gasteiger partial charge in [-0.1, -0.05) is 25.6 Å². The van der Waals surface area contributed by atoms with Crippen molar-refractivity contribution in [2.75, 3.05) is 12.8 Å². The summed E-state index contributed by atoms with van der Waals surface area (Å²) in [6.45, 7) is 6.27. The highest BCUT2D eigenvalue weighted by Gasteiger charge is 2.29. The summed E-state index contributed by atoms with van der Waals surface area (Å²) >= 11 is 1.74. The molecular formula is C14H19N3O2S. The maximum absolute atomic E-state index is 10.7. The molecule has 1 aromatic carbocycles. The summed E-state index contributed by atoms with van der Waals surface area (Å²) in [5, 5.41) is 11.7. The standard InChI is InChI=1S/C14H19N3O2S/c1-9(2)13-8-20-14(16(13)4)15-12-6-5-11(17(18)19)7-10(12)3/h5-7,9,13H,8H2,1-4H3/t13-/m1/s1. The van der Waals surface area contributed by atoms with E-state index in [-0.39, 0.29) is 10.6 Å². The molecular weight excluding hydrogens is 274 g/mol. The molecule has 1 aromatic rings. The van der Waals surface area contributed by atoms with Gasteiger partial charge < -0.3 is 4.90 Å². The van der Waals surface area contributed by atoms with Gasteiger partial charge in [-0.05, 0) is 24.5 Å². The molecule has 6 heteroatoms. The minimum absolute atomic E-state index is 0.110. The number of benzene rings is 1. The Balaban J connectivity index is 2.26. The van der Waals surface area contributed by atoms with Crippen LogP contribution in [-0.4, -0.2) is 33.8 Å². The highest BCUT2D eigenvalue weighted by atomic mass is 32.2. The summed E-state index contributed by atoms with van der Waals surface area (Å²) in [7, 11) is 2.06. The fourth-order valence-electron chi connectivity index (χ4n) is 2.25. The first-order valence-electron chi connectivity index (χ1n) is 6.59. The topological polar surface area (TPSA) is 58.7 Å². The molecule has 0 radical (unpaired) electrons. The van der Waals surface area contributed by atoms with E-state index in [1.807, 2.05) is 6.92 Å². The third kappa shape index (κ3) is 2.95. The van der Waals surface area contributed by atoms with Gasteiger partial charge in [0.15, 0.2) is 5.17 Å². The molecule has 1 fully saturated rings. The second-order valence-corrected chi connectivity index (χ2v) is 6.34. The van der Waals surface area contributed by atoms with Gasteiger partial charge in [-0.25, -0.2) is 4.99 Å². The van der Waals surface area contributed by atoms with Gasteiger partial charge >= 0.3 is 0 Å². The Kier molecular flexibility index (Phi) is 4.32. The molecule has 0 aliphatic carbocycles. The van der Waals surface area contributed by atoms with E-state index in [4.69, 9.17) is 0 Å². The molecule has 1 aliphatic rings. The van der Waals surface area contributed by atoms with Crippen LogP contribution in [0.5, 0.6) is 0 Å². The van der Waals surface area contributed by atoms with Crippen molar-refractivity contribution >= 4 is 28.3 Å². The zero-order valence-electron chi connectivity index (χ0n) is 12.2. The normalized spacial score (nSPS) is 20.9. The maximum atomic E-state index is 10.7. The second kappa shape index (κ2) is 5.83. The lowest BCUT2D eigenvalue weighted by molar-refractivity contribution is -0.384. The molecule has 1 heterocycles. The van der Waals surface area contributed by atoms with Gasteiger partial charge in [0, 0.05) is 31.0 Å². The first kappa shape index (κ1) is 14.8. The Hall–Kier alpha value is -1.56. The largest absolute Gasteiger partial charge is 0.350 e. The predicted molar refractivity (Wildman–Crippen MR) is 83.8 cm³/mol. The third-order valence-electron chi connectivity index (χ3n) is 3.56. The Morgan fingerprint density at radius 3 is 2.70 bits per heavy atom. The van der Waals surface area contributed by atoms with Crippen LogP contribution in [0.4, 0.5) is 11.4 Å². The maximum Gasteiger partial charge on any atom is 0.269 e.